The smallest absolute Gasteiger partial charge is 0.309 e. The Labute approximate surface area is 291 Å². The molecule has 5 rings (SSSR count). The van der Waals surface area contributed by atoms with Crippen LogP contribution in [0.5, 0.6) is 0 Å². The van der Waals surface area contributed by atoms with Crippen LogP contribution in [0.4, 0.5) is 11.4 Å². The van der Waals surface area contributed by atoms with Crippen molar-refractivity contribution in [3.8, 4) is 0 Å². The zero-order valence-corrected chi connectivity index (χ0v) is 29.5. The summed E-state index contributed by atoms with van der Waals surface area (Å²) in [4.78, 5) is 14.5. The summed E-state index contributed by atoms with van der Waals surface area (Å²) in [7, 11) is -4.05. The van der Waals surface area contributed by atoms with E-state index in [0.717, 1.165) is 61.6 Å². The normalized spacial score (nSPS) is 17.8. The lowest BCUT2D eigenvalue weighted by Gasteiger charge is -2.27. The zero-order valence-electron chi connectivity index (χ0n) is 27.9. The van der Waals surface area contributed by atoms with Crippen molar-refractivity contribution in [1.29, 1.82) is 0 Å². The molecule has 3 aromatic carbocycles. The van der Waals surface area contributed by atoms with Gasteiger partial charge in [0, 0.05) is 45.9 Å². The monoisotopic (exact) mass is 705 g/mol. The van der Waals surface area contributed by atoms with Gasteiger partial charge in [-0.05, 0) is 66.9 Å². The Morgan fingerprint density at radius 3 is 2.45 bits per heavy atom. The lowest BCUT2D eigenvalue weighted by molar-refractivity contribution is -0.436. The largest absolute Gasteiger partial charge is 0.481 e. The van der Waals surface area contributed by atoms with Gasteiger partial charge in [-0.3, -0.25) is 9.35 Å². The van der Waals surface area contributed by atoms with Crippen molar-refractivity contribution in [1.82, 2.24) is 0 Å². The van der Waals surface area contributed by atoms with Gasteiger partial charge in [0.1, 0.15) is 6.42 Å². The van der Waals surface area contributed by atoms with E-state index in [-0.39, 0.29) is 17.6 Å². The van der Waals surface area contributed by atoms with Crippen LogP contribution in [0, 0.1) is 0 Å². The number of benzene rings is 3. The first-order valence-electron chi connectivity index (χ1n) is 15.9. The third kappa shape index (κ3) is 7.90. The summed E-state index contributed by atoms with van der Waals surface area (Å²) in [6.45, 7) is 9.33. The van der Waals surface area contributed by atoms with Gasteiger partial charge in [0.05, 0.1) is 23.2 Å². The number of nitrogens with zero attached hydrogens (tertiary/aromatic N) is 2. The molecule has 2 heterocycles. The number of carboxylic acids is 1. The summed E-state index contributed by atoms with van der Waals surface area (Å²) in [5.41, 5.74) is 5.53. The molecule has 0 saturated carbocycles. The van der Waals surface area contributed by atoms with Crippen molar-refractivity contribution in [2.24, 2.45) is 0 Å². The highest BCUT2D eigenvalue weighted by molar-refractivity contribution is 7.94. The fraction of sp³-hybridized carbons (Fsp3) is 0.297. The van der Waals surface area contributed by atoms with Gasteiger partial charge in [0.25, 0.3) is 10.1 Å². The van der Waals surface area contributed by atoms with Gasteiger partial charge >= 0.3 is 5.97 Å². The summed E-state index contributed by atoms with van der Waals surface area (Å²) < 4.78 is 38.7. The van der Waals surface area contributed by atoms with E-state index in [4.69, 9.17) is 5.26 Å². The Balaban J connectivity index is 1.38. The van der Waals surface area contributed by atoms with Crippen molar-refractivity contribution in [2.45, 2.75) is 56.3 Å². The van der Waals surface area contributed by atoms with E-state index in [1.807, 2.05) is 91.1 Å². The summed E-state index contributed by atoms with van der Waals surface area (Å²) in [6.07, 6.45) is 14.1. The second-order valence-corrected chi connectivity index (χ2v) is 15.3. The maximum Gasteiger partial charge on any atom is 0.309 e. The Hall–Kier alpha value is -4.04. The molecule has 3 aromatic rings. The number of aliphatic carboxylic acids is 1. The molecule has 0 unspecified atom stereocenters. The van der Waals surface area contributed by atoms with Crippen LogP contribution in [-0.4, -0.2) is 58.4 Å². The number of fused-ring (bicyclic) bond motifs is 4. The van der Waals surface area contributed by atoms with Crippen LogP contribution in [0.1, 0.15) is 51.7 Å². The molecule has 3 N–H and O–H groups in total. The predicted molar refractivity (Wildman–Crippen MR) is 193 cm³/mol. The molecule has 0 spiro atoms. The van der Waals surface area contributed by atoms with Crippen molar-refractivity contribution in [3.63, 3.8) is 0 Å². The molecule has 2 aliphatic rings. The molecule has 0 saturated heterocycles. The van der Waals surface area contributed by atoms with E-state index in [1.54, 1.807) is 0 Å². The fourth-order valence-electron chi connectivity index (χ4n) is 6.90. The Kier molecular flexibility index (Phi) is 11.0. The van der Waals surface area contributed by atoms with Crippen LogP contribution in [0.15, 0.2) is 108 Å². The van der Waals surface area contributed by atoms with Crippen LogP contribution in [0.3, 0.4) is 0 Å². The second kappa shape index (κ2) is 14.8. The molecule has 0 fully saturated rings. The van der Waals surface area contributed by atoms with Crippen molar-refractivity contribution in [2.75, 3.05) is 23.7 Å². The van der Waals surface area contributed by atoms with Crippen LogP contribution in [-0.2, 0) is 35.1 Å². The Bertz CT molecular complexity index is 2010. The molecule has 0 amide bonds. The standard InChI is InChI=1S/C37H40N2O8S2/c1-36(2)29-13-10-11-14-30(29)38(22-12-24-49(43,44)45)32(36)15-8-6-5-7-9-16-33-37(3,4)35-28-19-18-27(48-47-46-42)25-26(28)17-20-31(35)39(33)23-21-34(40)41/h5-11,13-20,25H,12,21-24H2,1-4H3,(H2-,40,41,42,43,44,45)/p+1. The zero-order chi connectivity index (χ0) is 35.4. The number of rotatable bonds is 14. The third-order valence-electron chi connectivity index (χ3n) is 9.06. The number of anilines is 1. The number of hydrogen-bond donors (Lipinski definition) is 3. The van der Waals surface area contributed by atoms with E-state index in [0.29, 0.717) is 19.5 Å². The molecule has 0 atom stereocenters. The highest BCUT2D eigenvalue weighted by atomic mass is 32.2. The number of carbonyl (C=O) groups is 1. The van der Waals surface area contributed by atoms with Crippen LogP contribution < -0.4 is 4.90 Å². The number of para-hydroxylation sites is 1. The molecule has 258 valence electrons. The van der Waals surface area contributed by atoms with Gasteiger partial charge in [-0.1, -0.05) is 73.5 Å². The van der Waals surface area contributed by atoms with Gasteiger partial charge < -0.3 is 10.0 Å². The fourth-order valence-corrected chi connectivity index (χ4v) is 7.80. The predicted octanol–water partition coefficient (Wildman–Crippen LogP) is 7.75. The molecule has 10 nitrogen and oxygen atoms in total. The van der Waals surface area contributed by atoms with Crippen LogP contribution in [0.2, 0.25) is 0 Å². The Morgan fingerprint density at radius 2 is 1.71 bits per heavy atom. The molecule has 0 radical (unpaired) electrons. The molecular formula is C37H41N2O8S2+. The minimum atomic E-state index is -4.05. The lowest BCUT2D eigenvalue weighted by Crippen LogP contribution is -2.28. The van der Waals surface area contributed by atoms with Crippen LogP contribution in [0.25, 0.3) is 10.8 Å². The molecular weight excluding hydrogens is 665 g/mol. The van der Waals surface area contributed by atoms with Crippen molar-refractivity contribution >= 4 is 56.0 Å². The van der Waals surface area contributed by atoms with Crippen LogP contribution >= 0.6 is 12.0 Å². The Morgan fingerprint density at radius 1 is 0.980 bits per heavy atom. The molecule has 0 bridgehead atoms. The van der Waals surface area contributed by atoms with Gasteiger partial charge in [0.2, 0.25) is 5.69 Å². The first kappa shape index (κ1) is 36.2. The van der Waals surface area contributed by atoms with E-state index < -0.39 is 21.5 Å². The van der Waals surface area contributed by atoms with E-state index in [9.17, 15) is 22.9 Å². The average Bonchev–Trinajstić information content (AvgIpc) is 3.40. The highest BCUT2D eigenvalue weighted by Gasteiger charge is 2.45. The third-order valence-corrected chi connectivity index (χ3v) is 10.4. The molecule has 49 heavy (non-hydrogen) atoms. The van der Waals surface area contributed by atoms with Crippen molar-refractivity contribution in [3.05, 3.63) is 114 Å². The van der Waals surface area contributed by atoms with E-state index in [2.05, 4.69) is 52.6 Å². The number of allylic oxidation sites excluding steroid dienone is 8. The van der Waals surface area contributed by atoms with Gasteiger partial charge in [0.15, 0.2) is 12.3 Å². The quantitative estimate of drug-likeness (QED) is 0.0381. The van der Waals surface area contributed by atoms with E-state index >= 15 is 0 Å². The van der Waals surface area contributed by atoms with Gasteiger partial charge in [-0.15, -0.1) is 4.33 Å². The molecule has 12 heteroatoms. The molecule has 2 aliphatic heterocycles. The summed E-state index contributed by atoms with van der Waals surface area (Å²) in [5, 5.41) is 23.8. The minimum absolute atomic E-state index is 0.0146. The second-order valence-electron chi connectivity index (χ2n) is 13.0. The summed E-state index contributed by atoms with van der Waals surface area (Å²) in [5.74, 6) is -1.17. The SMILES string of the molecule is CC1(C)C(/C=C/C=C/C=C/C=C2/N(CCCS(=O)(=O)O)c3ccccc3C2(C)C)=[N+](CCC(=O)O)c2ccc3cc(SOOO)ccc3c21. The maximum atomic E-state index is 11.6. The molecule has 0 aromatic heterocycles. The number of carboxylic acid groups (broad SMARTS) is 1. The maximum absolute atomic E-state index is 11.6. The minimum Gasteiger partial charge on any atom is -0.481 e. The van der Waals surface area contributed by atoms with Gasteiger partial charge in [-0.2, -0.15) is 13.0 Å². The van der Waals surface area contributed by atoms with Gasteiger partial charge in [-0.25, -0.2) is 5.26 Å². The van der Waals surface area contributed by atoms with E-state index in [1.165, 1.54) is 0 Å². The highest BCUT2D eigenvalue weighted by Crippen LogP contribution is 2.48. The first-order valence-corrected chi connectivity index (χ1v) is 18.2. The number of hydrogen-bond acceptors (Lipinski definition) is 8. The summed E-state index contributed by atoms with van der Waals surface area (Å²) >= 11 is 0.896. The topological polar surface area (TPSA) is 137 Å². The summed E-state index contributed by atoms with van der Waals surface area (Å²) in [6, 6.07) is 17.9. The average molecular weight is 706 g/mol. The van der Waals surface area contributed by atoms with Crippen molar-refractivity contribution < 1.29 is 42.1 Å². The first-order chi connectivity index (χ1) is 23.3. The lowest BCUT2D eigenvalue weighted by atomic mass is 9.79. The molecule has 0 aliphatic carbocycles.